The average Bonchev–Trinajstić information content (AvgIpc) is 2.09. The molecule has 1 aliphatic rings. The zero-order valence-corrected chi connectivity index (χ0v) is 10.1. The largest absolute Gasteiger partial charge is 0.215 e. The molecule has 0 bridgehead atoms. The van der Waals surface area contributed by atoms with Crippen molar-refractivity contribution in [3.8, 4) is 0 Å². The predicted octanol–water partition coefficient (Wildman–Crippen LogP) is 1.72. The highest BCUT2D eigenvalue weighted by molar-refractivity contribution is 7.89. The van der Waals surface area contributed by atoms with Crippen molar-refractivity contribution in [2.45, 2.75) is 32.6 Å². The highest BCUT2D eigenvalue weighted by atomic mass is 35.5. The molecule has 0 amide bonds. The fourth-order valence-corrected chi connectivity index (χ4v) is 3.09. The van der Waals surface area contributed by atoms with Crippen LogP contribution in [0.3, 0.4) is 0 Å². The van der Waals surface area contributed by atoms with Crippen LogP contribution in [-0.2, 0) is 10.0 Å². The fourth-order valence-electron chi connectivity index (χ4n) is 1.56. The molecule has 0 aromatic heterocycles. The van der Waals surface area contributed by atoms with E-state index in [0.29, 0.717) is 18.8 Å². The predicted molar refractivity (Wildman–Crippen MR) is 59.1 cm³/mol. The Bertz CT molecular complexity index is 273. The molecular formula is C9H18ClNO2S. The third-order valence-corrected chi connectivity index (χ3v) is 4.50. The maximum absolute atomic E-state index is 11.4. The molecule has 1 saturated carbocycles. The summed E-state index contributed by atoms with van der Waals surface area (Å²) in [5.74, 6) is 0.546. The summed E-state index contributed by atoms with van der Waals surface area (Å²) < 4.78 is 25.5. The molecule has 3 nitrogen and oxygen atoms in total. The Hall–Kier alpha value is 0.200. The van der Waals surface area contributed by atoms with Crippen LogP contribution in [-0.4, -0.2) is 26.6 Å². The van der Waals surface area contributed by atoms with E-state index in [1.54, 1.807) is 0 Å². The van der Waals surface area contributed by atoms with Crippen LogP contribution in [0.5, 0.6) is 0 Å². The van der Waals surface area contributed by atoms with Gasteiger partial charge in [-0.3, -0.25) is 0 Å². The lowest BCUT2D eigenvalue weighted by Gasteiger charge is -2.38. The van der Waals surface area contributed by atoms with Crippen molar-refractivity contribution in [3.63, 3.8) is 0 Å². The molecule has 0 atom stereocenters. The molecule has 0 aromatic carbocycles. The van der Waals surface area contributed by atoms with Crippen LogP contribution in [0.2, 0.25) is 0 Å². The first-order valence-corrected chi connectivity index (χ1v) is 7.19. The van der Waals surface area contributed by atoms with Gasteiger partial charge in [0.25, 0.3) is 0 Å². The van der Waals surface area contributed by atoms with E-state index in [2.05, 4.69) is 11.6 Å². The summed E-state index contributed by atoms with van der Waals surface area (Å²) in [6.07, 6.45) is 4.00. The molecule has 84 valence electrons. The summed E-state index contributed by atoms with van der Waals surface area (Å²) in [5, 5.41) is 0. The van der Waals surface area contributed by atoms with Crippen LogP contribution < -0.4 is 4.72 Å². The molecule has 1 aliphatic carbocycles. The Morgan fingerprint density at radius 3 is 2.50 bits per heavy atom. The molecular weight excluding hydrogens is 222 g/mol. The minimum Gasteiger partial charge on any atom is -0.215 e. The summed E-state index contributed by atoms with van der Waals surface area (Å²) >= 11 is 5.44. The summed E-state index contributed by atoms with van der Waals surface area (Å²) in [4.78, 5) is 0. The highest BCUT2D eigenvalue weighted by Gasteiger charge is 2.32. The maximum atomic E-state index is 11.4. The minimum atomic E-state index is -3.09. The smallest absolute Gasteiger partial charge is 0.211 e. The Morgan fingerprint density at radius 1 is 1.43 bits per heavy atom. The van der Waals surface area contributed by atoms with Crippen molar-refractivity contribution in [3.05, 3.63) is 0 Å². The number of hydrogen-bond donors (Lipinski definition) is 1. The van der Waals surface area contributed by atoms with E-state index in [1.807, 2.05) is 0 Å². The highest BCUT2D eigenvalue weighted by Crippen LogP contribution is 2.39. The molecule has 1 fully saturated rings. The van der Waals surface area contributed by atoms with Gasteiger partial charge in [-0.1, -0.05) is 13.3 Å². The van der Waals surface area contributed by atoms with E-state index >= 15 is 0 Å². The van der Waals surface area contributed by atoms with Gasteiger partial charge < -0.3 is 0 Å². The van der Waals surface area contributed by atoms with E-state index in [9.17, 15) is 8.42 Å². The lowest BCUT2D eigenvalue weighted by atomic mass is 9.71. The number of nitrogens with one attached hydrogen (secondary N) is 1. The molecule has 0 aliphatic heterocycles. The average molecular weight is 240 g/mol. The monoisotopic (exact) mass is 239 g/mol. The van der Waals surface area contributed by atoms with Crippen LogP contribution in [0.4, 0.5) is 0 Å². The number of hydrogen-bond acceptors (Lipinski definition) is 2. The quantitative estimate of drug-likeness (QED) is 0.718. The number of halogens is 1. The van der Waals surface area contributed by atoms with E-state index < -0.39 is 10.0 Å². The summed E-state index contributed by atoms with van der Waals surface area (Å²) in [7, 11) is -3.09. The van der Waals surface area contributed by atoms with E-state index in [4.69, 9.17) is 11.6 Å². The molecule has 5 heteroatoms. The first kappa shape index (κ1) is 12.3. The van der Waals surface area contributed by atoms with Gasteiger partial charge in [-0.25, -0.2) is 13.1 Å². The Labute approximate surface area is 91.3 Å². The van der Waals surface area contributed by atoms with Crippen molar-refractivity contribution in [1.82, 2.24) is 4.72 Å². The van der Waals surface area contributed by atoms with Crippen LogP contribution >= 0.6 is 11.6 Å². The standard InChI is InChI=1S/C9H18ClNO2S/c1-9(4-2-5-9)8-11-14(12,13)7-3-6-10/h11H,2-8H2,1H3. The number of rotatable bonds is 6. The van der Waals surface area contributed by atoms with E-state index in [-0.39, 0.29) is 11.2 Å². The zero-order chi connectivity index (χ0) is 10.7. The molecule has 0 radical (unpaired) electrons. The van der Waals surface area contributed by atoms with Crippen molar-refractivity contribution < 1.29 is 8.42 Å². The fraction of sp³-hybridized carbons (Fsp3) is 1.00. The van der Waals surface area contributed by atoms with E-state index in [1.165, 1.54) is 6.42 Å². The van der Waals surface area contributed by atoms with Gasteiger partial charge in [0, 0.05) is 12.4 Å². The molecule has 1 rings (SSSR count). The second-order valence-electron chi connectivity index (χ2n) is 4.35. The summed E-state index contributed by atoms with van der Waals surface area (Å²) in [5.41, 5.74) is 0.202. The van der Waals surface area contributed by atoms with Crippen molar-refractivity contribution in [2.24, 2.45) is 5.41 Å². The molecule has 0 aromatic rings. The first-order chi connectivity index (χ1) is 6.47. The van der Waals surface area contributed by atoms with Gasteiger partial charge in [0.2, 0.25) is 10.0 Å². The van der Waals surface area contributed by atoms with Crippen molar-refractivity contribution >= 4 is 21.6 Å². The molecule has 14 heavy (non-hydrogen) atoms. The van der Waals surface area contributed by atoms with Crippen LogP contribution in [0, 0.1) is 5.41 Å². The third-order valence-electron chi connectivity index (χ3n) is 2.83. The lowest BCUT2D eigenvalue weighted by Crippen LogP contribution is -2.40. The molecule has 0 heterocycles. The first-order valence-electron chi connectivity index (χ1n) is 5.01. The summed E-state index contributed by atoms with van der Waals surface area (Å²) in [6, 6.07) is 0. The molecule has 0 saturated heterocycles. The normalized spacial score (nSPS) is 20.4. The van der Waals surface area contributed by atoms with Gasteiger partial charge in [-0.2, -0.15) is 0 Å². The maximum Gasteiger partial charge on any atom is 0.211 e. The van der Waals surface area contributed by atoms with Gasteiger partial charge in [0.15, 0.2) is 0 Å². The Morgan fingerprint density at radius 2 is 2.07 bits per heavy atom. The van der Waals surface area contributed by atoms with E-state index in [0.717, 1.165) is 12.8 Å². The topological polar surface area (TPSA) is 46.2 Å². The van der Waals surface area contributed by atoms with Crippen molar-refractivity contribution in [1.29, 1.82) is 0 Å². The second-order valence-corrected chi connectivity index (χ2v) is 6.65. The number of sulfonamides is 1. The Kier molecular flexibility index (Phi) is 4.22. The SMILES string of the molecule is CC1(CNS(=O)(=O)CCCCl)CCC1. The van der Waals surface area contributed by atoms with Gasteiger partial charge in [-0.15, -0.1) is 11.6 Å². The van der Waals surface area contributed by atoms with Crippen LogP contribution in [0.25, 0.3) is 0 Å². The molecule has 0 unspecified atom stereocenters. The lowest BCUT2D eigenvalue weighted by molar-refractivity contribution is 0.166. The van der Waals surface area contributed by atoms with Crippen LogP contribution in [0.1, 0.15) is 32.6 Å². The molecule has 1 N–H and O–H groups in total. The minimum absolute atomic E-state index is 0.145. The Balaban J connectivity index is 2.28. The zero-order valence-electron chi connectivity index (χ0n) is 8.55. The summed E-state index contributed by atoms with van der Waals surface area (Å²) in [6.45, 7) is 2.71. The van der Waals surface area contributed by atoms with Gasteiger partial charge in [0.05, 0.1) is 5.75 Å². The number of alkyl halides is 1. The second kappa shape index (κ2) is 4.81. The van der Waals surface area contributed by atoms with Gasteiger partial charge in [0.1, 0.15) is 0 Å². The van der Waals surface area contributed by atoms with Gasteiger partial charge >= 0.3 is 0 Å². The third kappa shape index (κ3) is 3.75. The van der Waals surface area contributed by atoms with Crippen molar-refractivity contribution in [2.75, 3.05) is 18.2 Å². The van der Waals surface area contributed by atoms with Crippen LogP contribution in [0.15, 0.2) is 0 Å². The molecule has 0 spiro atoms. The van der Waals surface area contributed by atoms with Gasteiger partial charge in [-0.05, 0) is 24.7 Å².